The van der Waals surface area contributed by atoms with Crippen molar-refractivity contribution in [2.24, 2.45) is 0 Å². The zero-order chi connectivity index (χ0) is 32.4. The normalized spacial score (nSPS) is 22.0. The Morgan fingerprint density at radius 2 is 1.89 bits per heavy atom. The Hall–Kier alpha value is -4.32. The summed E-state index contributed by atoms with van der Waals surface area (Å²) in [5, 5.41) is 10.6. The topological polar surface area (TPSA) is 111 Å². The van der Waals surface area contributed by atoms with Gasteiger partial charge in [0.25, 0.3) is 5.79 Å². The number of carbonyl (C=O) groups is 1. The second kappa shape index (κ2) is 11.4. The van der Waals surface area contributed by atoms with Crippen LogP contribution in [0, 0.1) is 0 Å². The summed E-state index contributed by atoms with van der Waals surface area (Å²) in [5.41, 5.74) is 3.08. The molecule has 0 unspecified atom stereocenters. The first-order valence-corrected chi connectivity index (χ1v) is 16.5. The van der Waals surface area contributed by atoms with Crippen LogP contribution in [0.5, 0.6) is 11.5 Å². The lowest BCUT2D eigenvalue weighted by Gasteiger charge is -2.54. The Morgan fingerprint density at radius 1 is 1.04 bits per heavy atom. The number of rotatable bonds is 8. The first kappa shape index (κ1) is 30.0. The highest BCUT2D eigenvalue weighted by Crippen LogP contribution is 2.51. The number of pyridine rings is 1. The van der Waals surface area contributed by atoms with Crippen molar-refractivity contribution < 1.29 is 19.4 Å². The lowest BCUT2D eigenvalue weighted by molar-refractivity contribution is -0.0717. The maximum atomic E-state index is 11.9. The number of aromatic nitrogens is 5. The average Bonchev–Trinajstić information content (AvgIpc) is 3.74. The minimum atomic E-state index is -1.06. The van der Waals surface area contributed by atoms with Gasteiger partial charge in [-0.05, 0) is 56.2 Å². The van der Waals surface area contributed by atoms with E-state index in [1.165, 1.54) is 6.07 Å². The van der Waals surface area contributed by atoms with E-state index in [4.69, 9.17) is 37.7 Å². The molecule has 1 saturated carbocycles. The highest BCUT2D eigenvalue weighted by Gasteiger charge is 2.47. The molecule has 1 aliphatic carbocycles. The summed E-state index contributed by atoms with van der Waals surface area (Å²) in [7, 11) is 0. The van der Waals surface area contributed by atoms with Gasteiger partial charge in [0.15, 0.2) is 11.5 Å². The molecular formula is C34H33Cl2N7O4. The van der Waals surface area contributed by atoms with Crippen molar-refractivity contribution in [1.82, 2.24) is 29.0 Å². The van der Waals surface area contributed by atoms with Gasteiger partial charge in [-0.15, -0.1) is 0 Å². The fourth-order valence-electron chi connectivity index (χ4n) is 7.16. The molecule has 3 aromatic heterocycles. The van der Waals surface area contributed by atoms with Crippen molar-refractivity contribution in [1.29, 1.82) is 0 Å². The van der Waals surface area contributed by atoms with E-state index in [2.05, 4.69) is 41.9 Å². The molecule has 1 saturated heterocycles. The van der Waals surface area contributed by atoms with E-state index in [0.717, 1.165) is 55.6 Å². The number of halogens is 2. The number of anilines is 1. The van der Waals surface area contributed by atoms with Gasteiger partial charge in [0.2, 0.25) is 0 Å². The molecular weight excluding hydrogens is 641 g/mol. The lowest BCUT2D eigenvalue weighted by atomic mass is 9.81. The maximum absolute atomic E-state index is 11.9. The number of carboxylic acids is 1. The number of aromatic carboxylic acids is 1. The average molecular weight is 675 g/mol. The molecule has 5 aromatic rings. The minimum absolute atomic E-state index is 0.131. The fourth-order valence-corrected chi connectivity index (χ4v) is 7.53. The first-order valence-electron chi connectivity index (χ1n) is 15.8. The molecule has 0 bridgehead atoms. The number of fused-ring (bicyclic) bond motifs is 3. The van der Waals surface area contributed by atoms with Gasteiger partial charge in [0.05, 0.1) is 39.9 Å². The Labute approximate surface area is 281 Å². The number of imidazole rings is 2. The summed E-state index contributed by atoms with van der Waals surface area (Å²) >= 11 is 12.7. The number of piperazine rings is 1. The molecule has 2 fully saturated rings. The molecule has 1 N–H and O–H groups in total. The minimum Gasteiger partial charge on any atom is -0.478 e. The van der Waals surface area contributed by atoms with Gasteiger partial charge in [-0.25, -0.2) is 14.8 Å². The Morgan fingerprint density at radius 3 is 2.64 bits per heavy atom. The first-order chi connectivity index (χ1) is 22.7. The van der Waals surface area contributed by atoms with E-state index in [-0.39, 0.29) is 5.56 Å². The molecule has 0 radical (unpaired) electrons. The Balaban J connectivity index is 1.08. The van der Waals surface area contributed by atoms with Crippen molar-refractivity contribution in [2.45, 2.75) is 64.2 Å². The van der Waals surface area contributed by atoms with E-state index in [9.17, 15) is 9.90 Å². The smallest absolute Gasteiger partial charge is 0.335 e. The zero-order valence-corrected chi connectivity index (χ0v) is 27.4. The summed E-state index contributed by atoms with van der Waals surface area (Å²) in [5.74, 6) is 1.03. The zero-order valence-electron chi connectivity index (χ0n) is 25.9. The molecule has 5 heterocycles. The molecule has 2 aliphatic heterocycles. The van der Waals surface area contributed by atoms with Gasteiger partial charge in [-0.1, -0.05) is 29.3 Å². The summed E-state index contributed by atoms with van der Waals surface area (Å²) < 4.78 is 17.0. The van der Waals surface area contributed by atoms with Crippen molar-refractivity contribution in [2.75, 3.05) is 18.0 Å². The number of para-hydroxylation sites is 1. The number of nitrogens with zero attached hydrogens (tertiary/aromatic N) is 7. The third-order valence-corrected chi connectivity index (χ3v) is 10.2. The van der Waals surface area contributed by atoms with Crippen LogP contribution in [0.15, 0.2) is 61.1 Å². The summed E-state index contributed by atoms with van der Waals surface area (Å²) in [6, 6.07) is 13.4. The molecule has 0 spiro atoms. The monoisotopic (exact) mass is 673 g/mol. The van der Waals surface area contributed by atoms with Gasteiger partial charge in [0, 0.05) is 57.2 Å². The molecule has 47 heavy (non-hydrogen) atoms. The van der Waals surface area contributed by atoms with Crippen molar-refractivity contribution >= 4 is 45.9 Å². The molecule has 11 nitrogen and oxygen atoms in total. The van der Waals surface area contributed by atoms with Gasteiger partial charge >= 0.3 is 5.97 Å². The number of benzene rings is 2. The summed E-state index contributed by atoms with van der Waals surface area (Å²) in [4.78, 5) is 30.9. The van der Waals surface area contributed by atoms with E-state index in [1.54, 1.807) is 24.5 Å². The van der Waals surface area contributed by atoms with Crippen molar-refractivity contribution in [3.8, 4) is 11.5 Å². The third kappa shape index (κ3) is 5.08. The van der Waals surface area contributed by atoms with Crippen LogP contribution in [-0.4, -0.2) is 65.2 Å². The molecule has 3 atom stereocenters. The number of hydrogen-bond acceptors (Lipinski definition) is 8. The predicted octanol–water partition coefficient (Wildman–Crippen LogP) is 6.20. The van der Waals surface area contributed by atoms with E-state index < -0.39 is 11.8 Å². The van der Waals surface area contributed by atoms with Crippen LogP contribution in [0.4, 0.5) is 5.69 Å². The highest BCUT2D eigenvalue weighted by molar-refractivity contribution is 6.35. The van der Waals surface area contributed by atoms with Crippen molar-refractivity contribution in [3.63, 3.8) is 0 Å². The second-order valence-electron chi connectivity index (χ2n) is 12.4. The number of ether oxygens (including phenoxy) is 2. The van der Waals surface area contributed by atoms with Crippen LogP contribution in [-0.2, 0) is 25.4 Å². The molecule has 242 valence electrons. The van der Waals surface area contributed by atoms with Gasteiger partial charge in [0.1, 0.15) is 22.9 Å². The van der Waals surface area contributed by atoms with Crippen LogP contribution in [0.2, 0.25) is 10.0 Å². The Bertz CT molecular complexity index is 2010. The van der Waals surface area contributed by atoms with E-state index in [0.29, 0.717) is 57.7 Å². The van der Waals surface area contributed by atoms with Crippen LogP contribution in [0.3, 0.4) is 0 Å². The number of aryl methyl sites for hydroxylation is 1. The summed E-state index contributed by atoms with van der Waals surface area (Å²) in [6.45, 7) is 7.38. The van der Waals surface area contributed by atoms with Crippen LogP contribution in [0.1, 0.15) is 54.4 Å². The standard InChI is InChI=1S/C34H33Cl2N7O4/c1-3-40-12-11-37-29(40)19-43-26-16-20(33(44)45)15-22(36)31(26)39-30(43)18-41-13-14-42(24-9-8-23(24)41)25-5-4-6-27-32(25)47-34(2,46-27)28-10-7-21(35)17-38-28/h4-7,10-12,15-17,23-24H,3,8-9,13-14,18-19H2,1-2H3,(H,44,45)/t23-,24+,34-/m0/s1. The van der Waals surface area contributed by atoms with Gasteiger partial charge in [-0.2, -0.15) is 0 Å². The molecule has 8 rings (SSSR count). The third-order valence-electron chi connectivity index (χ3n) is 9.68. The number of carboxylic acid groups (broad SMARTS) is 1. The summed E-state index contributed by atoms with van der Waals surface area (Å²) in [6.07, 6.45) is 7.45. The maximum Gasteiger partial charge on any atom is 0.335 e. The molecule has 0 amide bonds. The van der Waals surface area contributed by atoms with E-state index in [1.807, 2.05) is 31.3 Å². The molecule has 3 aliphatic rings. The van der Waals surface area contributed by atoms with E-state index >= 15 is 0 Å². The number of hydrogen-bond donors (Lipinski definition) is 1. The lowest BCUT2D eigenvalue weighted by Crippen LogP contribution is -2.64. The SMILES string of the molecule is CCn1ccnc1Cn1c(CN2CCN(c3cccc4c3O[C@@](C)(c3ccc(Cl)cn3)O4)[C@@H]3CC[C@@H]32)nc2c(Cl)cc(C(=O)O)cc21. The van der Waals surface area contributed by atoms with Gasteiger partial charge in [-0.3, -0.25) is 9.88 Å². The predicted molar refractivity (Wildman–Crippen MR) is 178 cm³/mol. The van der Waals surface area contributed by atoms with Crippen LogP contribution in [0.25, 0.3) is 11.0 Å². The largest absolute Gasteiger partial charge is 0.478 e. The second-order valence-corrected chi connectivity index (χ2v) is 13.2. The van der Waals surface area contributed by atoms with Crippen LogP contribution < -0.4 is 14.4 Å². The fraction of sp³-hybridized carbons (Fsp3) is 0.353. The molecule has 2 aromatic carbocycles. The quantitative estimate of drug-likeness (QED) is 0.206. The van der Waals surface area contributed by atoms with Gasteiger partial charge < -0.3 is 28.6 Å². The Kier molecular flexibility index (Phi) is 7.31. The highest BCUT2D eigenvalue weighted by atomic mass is 35.5. The molecule has 13 heteroatoms. The van der Waals surface area contributed by atoms with Crippen molar-refractivity contribution in [3.05, 3.63) is 94.0 Å². The van der Waals surface area contributed by atoms with Crippen LogP contribution >= 0.6 is 23.2 Å².